The van der Waals surface area contributed by atoms with Crippen LogP contribution < -0.4 is 10.5 Å². The SMILES string of the molecule is Cc1ccc(CN)c(-c2ccccc2OC(C)C)c1. The summed E-state index contributed by atoms with van der Waals surface area (Å²) >= 11 is 0. The van der Waals surface area contributed by atoms with Crippen molar-refractivity contribution in [3.8, 4) is 16.9 Å². The van der Waals surface area contributed by atoms with E-state index in [4.69, 9.17) is 10.5 Å². The number of rotatable bonds is 4. The lowest BCUT2D eigenvalue weighted by atomic mass is 9.97. The molecular weight excluding hydrogens is 234 g/mol. The molecule has 0 unspecified atom stereocenters. The van der Waals surface area contributed by atoms with E-state index in [1.807, 2.05) is 32.0 Å². The topological polar surface area (TPSA) is 35.2 Å². The molecule has 2 aromatic rings. The van der Waals surface area contributed by atoms with Gasteiger partial charge in [0.15, 0.2) is 0 Å². The Kier molecular flexibility index (Phi) is 4.23. The number of hydrogen-bond acceptors (Lipinski definition) is 2. The number of hydrogen-bond donors (Lipinski definition) is 1. The molecule has 100 valence electrons. The summed E-state index contributed by atoms with van der Waals surface area (Å²) in [5.74, 6) is 0.915. The van der Waals surface area contributed by atoms with Crippen LogP contribution in [0.4, 0.5) is 0 Å². The number of aryl methyl sites for hydroxylation is 1. The van der Waals surface area contributed by atoms with E-state index in [0.29, 0.717) is 6.54 Å². The first-order valence-corrected chi connectivity index (χ1v) is 6.67. The monoisotopic (exact) mass is 255 g/mol. The molecule has 2 aromatic carbocycles. The molecule has 0 spiro atoms. The molecule has 0 atom stereocenters. The normalized spacial score (nSPS) is 10.8. The molecule has 0 radical (unpaired) electrons. The van der Waals surface area contributed by atoms with E-state index in [1.165, 1.54) is 11.1 Å². The van der Waals surface area contributed by atoms with Crippen LogP contribution in [-0.4, -0.2) is 6.10 Å². The first-order chi connectivity index (χ1) is 9.11. The molecule has 0 heterocycles. The largest absolute Gasteiger partial charge is 0.490 e. The van der Waals surface area contributed by atoms with E-state index in [2.05, 4.69) is 31.2 Å². The van der Waals surface area contributed by atoms with Crippen LogP contribution in [0.1, 0.15) is 25.0 Å². The molecule has 0 aliphatic carbocycles. The van der Waals surface area contributed by atoms with Gasteiger partial charge in [0.2, 0.25) is 0 Å². The minimum Gasteiger partial charge on any atom is -0.490 e. The molecule has 0 aliphatic rings. The van der Waals surface area contributed by atoms with Gasteiger partial charge < -0.3 is 10.5 Å². The summed E-state index contributed by atoms with van der Waals surface area (Å²) in [7, 11) is 0. The Balaban J connectivity index is 2.55. The van der Waals surface area contributed by atoms with Crippen LogP contribution in [0.25, 0.3) is 11.1 Å². The standard InChI is InChI=1S/C17H21NO/c1-12(2)19-17-7-5-4-6-15(17)16-10-13(3)8-9-14(16)11-18/h4-10,12H,11,18H2,1-3H3. The van der Waals surface area contributed by atoms with E-state index >= 15 is 0 Å². The highest BCUT2D eigenvalue weighted by atomic mass is 16.5. The highest BCUT2D eigenvalue weighted by molar-refractivity contribution is 5.74. The summed E-state index contributed by atoms with van der Waals surface area (Å²) in [4.78, 5) is 0. The smallest absolute Gasteiger partial charge is 0.127 e. The summed E-state index contributed by atoms with van der Waals surface area (Å²) in [5, 5.41) is 0. The maximum absolute atomic E-state index is 5.90. The van der Waals surface area contributed by atoms with Gasteiger partial charge >= 0.3 is 0 Å². The molecule has 0 aromatic heterocycles. The Morgan fingerprint density at radius 1 is 1.05 bits per heavy atom. The summed E-state index contributed by atoms with van der Waals surface area (Å²) in [6.07, 6.45) is 0.160. The van der Waals surface area contributed by atoms with Gasteiger partial charge in [-0.05, 0) is 38.0 Å². The third-order valence-corrected chi connectivity index (χ3v) is 3.03. The van der Waals surface area contributed by atoms with E-state index in [9.17, 15) is 0 Å². The van der Waals surface area contributed by atoms with Crippen molar-refractivity contribution in [3.05, 3.63) is 53.6 Å². The van der Waals surface area contributed by atoms with Crippen molar-refractivity contribution in [1.82, 2.24) is 0 Å². The zero-order valence-corrected chi connectivity index (χ0v) is 11.8. The fourth-order valence-corrected chi connectivity index (χ4v) is 2.16. The molecule has 0 saturated heterocycles. The zero-order chi connectivity index (χ0) is 13.8. The highest BCUT2D eigenvalue weighted by Crippen LogP contribution is 2.33. The predicted octanol–water partition coefficient (Wildman–Crippen LogP) is 3.91. The Bertz CT molecular complexity index is 561. The second kappa shape index (κ2) is 5.89. The third kappa shape index (κ3) is 3.15. The quantitative estimate of drug-likeness (QED) is 0.899. The molecule has 19 heavy (non-hydrogen) atoms. The maximum Gasteiger partial charge on any atom is 0.127 e. The predicted molar refractivity (Wildman–Crippen MR) is 80.3 cm³/mol. The van der Waals surface area contributed by atoms with Gasteiger partial charge in [-0.15, -0.1) is 0 Å². The van der Waals surface area contributed by atoms with Crippen LogP contribution in [-0.2, 0) is 6.54 Å². The van der Waals surface area contributed by atoms with Crippen LogP contribution in [0.3, 0.4) is 0 Å². The fraction of sp³-hybridized carbons (Fsp3) is 0.294. The first kappa shape index (κ1) is 13.6. The molecule has 0 amide bonds. The Morgan fingerprint density at radius 3 is 2.47 bits per heavy atom. The van der Waals surface area contributed by atoms with Crippen molar-refractivity contribution in [2.45, 2.75) is 33.4 Å². The Morgan fingerprint density at radius 2 is 1.79 bits per heavy atom. The Hall–Kier alpha value is -1.80. The lowest BCUT2D eigenvalue weighted by Gasteiger charge is -2.16. The van der Waals surface area contributed by atoms with Crippen LogP contribution >= 0.6 is 0 Å². The first-order valence-electron chi connectivity index (χ1n) is 6.67. The molecule has 0 aliphatic heterocycles. The van der Waals surface area contributed by atoms with E-state index in [1.54, 1.807) is 0 Å². The Labute approximate surface area is 115 Å². The second-order valence-electron chi connectivity index (χ2n) is 5.03. The number of ether oxygens (including phenoxy) is 1. The van der Waals surface area contributed by atoms with E-state index < -0.39 is 0 Å². The number of para-hydroxylation sites is 1. The summed E-state index contributed by atoms with van der Waals surface area (Å²) in [5.41, 5.74) is 10.5. The second-order valence-corrected chi connectivity index (χ2v) is 5.03. The van der Waals surface area contributed by atoms with Gasteiger partial charge in [-0.2, -0.15) is 0 Å². The maximum atomic E-state index is 5.90. The minimum absolute atomic E-state index is 0.160. The van der Waals surface area contributed by atoms with Crippen LogP contribution in [0, 0.1) is 6.92 Å². The van der Waals surface area contributed by atoms with Crippen molar-refractivity contribution in [2.24, 2.45) is 5.73 Å². The van der Waals surface area contributed by atoms with Crippen molar-refractivity contribution >= 4 is 0 Å². The lowest BCUT2D eigenvalue weighted by molar-refractivity contribution is 0.243. The summed E-state index contributed by atoms with van der Waals surface area (Å²) < 4.78 is 5.90. The van der Waals surface area contributed by atoms with Gasteiger partial charge in [-0.1, -0.05) is 42.0 Å². The molecule has 2 nitrogen and oxygen atoms in total. The van der Waals surface area contributed by atoms with Crippen LogP contribution in [0.2, 0.25) is 0 Å². The van der Waals surface area contributed by atoms with Crippen molar-refractivity contribution in [2.75, 3.05) is 0 Å². The number of benzene rings is 2. The zero-order valence-electron chi connectivity index (χ0n) is 11.8. The molecule has 0 fully saturated rings. The third-order valence-electron chi connectivity index (χ3n) is 3.03. The van der Waals surface area contributed by atoms with E-state index in [-0.39, 0.29) is 6.10 Å². The molecule has 2 heteroatoms. The fourth-order valence-electron chi connectivity index (χ4n) is 2.16. The van der Waals surface area contributed by atoms with Gasteiger partial charge in [0.25, 0.3) is 0 Å². The minimum atomic E-state index is 0.160. The molecular formula is C17H21NO. The average molecular weight is 255 g/mol. The van der Waals surface area contributed by atoms with Gasteiger partial charge in [0.1, 0.15) is 5.75 Å². The van der Waals surface area contributed by atoms with Crippen molar-refractivity contribution in [1.29, 1.82) is 0 Å². The lowest BCUT2D eigenvalue weighted by Crippen LogP contribution is -2.07. The summed E-state index contributed by atoms with van der Waals surface area (Å²) in [6, 6.07) is 14.5. The summed E-state index contributed by atoms with van der Waals surface area (Å²) in [6.45, 7) is 6.70. The highest BCUT2D eigenvalue weighted by Gasteiger charge is 2.10. The average Bonchev–Trinajstić information content (AvgIpc) is 2.38. The van der Waals surface area contributed by atoms with Gasteiger partial charge in [-0.25, -0.2) is 0 Å². The van der Waals surface area contributed by atoms with Crippen molar-refractivity contribution in [3.63, 3.8) is 0 Å². The van der Waals surface area contributed by atoms with Gasteiger partial charge in [0.05, 0.1) is 6.10 Å². The van der Waals surface area contributed by atoms with Crippen LogP contribution in [0.5, 0.6) is 5.75 Å². The molecule has 0 bridgehead atoms. The van der Waals surface area contributed by atoms with Crippen LogP contribution in [0.15, 0.2) is 42.5 Å². The molecule has 2 N–H and O–H groups in total. The van der Waals surface area contributed by atoms with Gasteiger partial charge in [-0.3, -0.25) is 0 Å². The van der Waals surface area contributed by atoms with Crippen molar-refractivity contribution < 1.29 is 4.74 Å². The van der Waals surface area contributed by atoms with E-state index in [0.717, 1.165) is 16.9 Å². The molecule has 2 rings (SSSR count). The van der Waals surface area contributed by atoms with Gasteiger partial charge in [0, 0.05) is 12.1 Å². The molecule has 0 saturated carbocycles. The number of nitrogens with two attached hydrogens (primary N) is 1.